The predicted octanol–water partition coefficient (Wildman–Crippen LogP) is 13.6. The quantitative estimate of drug-likeness (QED) is 0.169. The summed E-state index contributed by atoms with van der Waals surface area (Å²) in [7, 11) is 0. The number of furan rings is 1. The summed E-state index contributed by atoms with van der Waals surface area (Å²) in [5.74, 6) is 0. The van der Waals surface area contributed by atoms with Crippen molar-refractivity contribution in [2.45, 2.75) is 6.42 Å². The number of hydrogen-bond acceptors (Lipinski definition) is 1. The summed E-state index contributed by atoms with van der Waals surface area (Å²) >= 11 is 0. The SMILES string of the molecule is [2H]c1c([2H])c([2H])c(Cc2c3c([2H])c([2H])c([2H])c([2H])c3c(-c3cccc(-c4ccc5oc6c(-c7cccc8ccccc78)cccc6c5c4)c3)c3c([2H])c([2H])c([2H])c([2H])c23)c([2H])c1[2H]. The van der Waals surface area contributed by atoms with Crippen LogP contribution >= 0.6 is 0 Å². The first-order valence-corrected chi connectivity index (χ1v) is 16.2. The minimum absolute atomic E-state index is 0.0161. The Bertz CT molecular complexity index is 3530. The van der Waals surface area contributed by atoms with Crippen LogP contribution in [0.25, 0.3) is 87.6 Å². The second-order valence-electron chi connectivity index (χ2n) is 12.2. The first kappa shape index (κ1) is 18.4. The molecule has 0 saturated heterocycles. The van der Waals surface area contributed by atoms with Gasteiger partial charge in [0.2, 0.25) is 0 Å². The Morgan fingerprint density at radius 3 is 1.88 bits per heavy atom. The molecule has 234 valence electrons. The lowest BCUT2D eigenvalue weighted by atomic mass is 9.86. The van der Waals surface area contributed by atoms with Gasteiger partial charge in [-0.25, -0.2) is 0 Å². The minimum Gasteiger partial charge on any atom is -0.455 e. The van der Waals surface area contributed by atoms with E-state index in [0.717, 1.165) is 43.8 Å². The Kier molecular flexibility index (Phi) is 4.26. The number of benzene rings is 9. The maximum absolute atomic E-state index is 9.31. The topological polar surface area (TPSA) is 13.1 Å². The molecule has 0 aliphatic carbocycles. The molecule has 0 radical (unpaired) electrons. The molecule has 0 spiro atoms. The first-order valence-electron chi connectivity index (χ1n) is 22.7. The average molecular weight is 650 g/mol. The van der Waals surface area contributed by atoms with Crippen LogP contribution < -0.4 is 0 Å². The molecule has 0 aliphatic rings. The van der Waals surface area contributed by atoms with Crippen molar-refractivity contribution in [3.63, 3.8) is 0 Å². The van der Waals surface area contributed by atoms with E-state index in [0.29, 0.717) is 16.7 Å². The summed E-state index contributed by atoms with van der Waals surface area (Å²) in [6, 6.07) is 26.3. The highest BCUT2D eigenvalue weighted by Gasteiger charge is 2.18. The van der Waals surface area contributed by atoms with Gasteiger partial charge in [-0.15, -0.1) is 0 Å². The summed E-state index contributed by atoms with van der Waals surface area (Å²) in [4.78, 5) is 0. The molecule has 0 bridgehead atoms. The Labute approximate surface area is 308 Å². The van der Waals surface area contributed by atoms with E-state index in [9.17, 15) is 5.48 Å². The molecular formula is C49H32O. The van der Waals surface area contributed by atoms with Crippen molar-refractivity contribution in [2.75, 3.05) is 0 Å². The van der Waals surface area contributed by atoms with E-state index in [2.05, 4.69) is 24.3 Å². The van der Waals surface area contributed by atoms with Crippen molar-refractivity contribution in [1.82, 2.24) is 0 Å². The number of para-hydroxylation sites is 1. The van der Waals surface area contributed by atoms with Gasteiger partial charge in [0.25, 0.3) is 0 Å². The van der Waals surface area contributed by atoms with Crippen LogP contribution in [0.3, 0.4) is 0 Å². The smallest absolute Gasteiger partial charge is 0.143 e. The second-order valence-corrected chi connectivity index (χ2v) is 12.2. The van der Waals surface area contributed by atoms with Crippen LogP contribution in [0.4, 0.5) is 0 Å². The average Bonchev–Trinajstić information content (AvgIpc) is 3.69. The van der Waals surface area contributed by atoms with Crippen LogP contribution in [0.5, 0.6) is 0 Å². The molecule has 1 heteroatoms. The van der Waals surface area contributed by atoms with Gasteiger partial charge in [0, 0.05) is 16.3 Å². The summed E-state index contributed by atoms with van der Waals surface area (Å²) in [5, 5.41) is 3.75. The molecule has 0 saturated carbocycles. The molecule has 0 unspecified atom stereocenters. The van der Waals surface area contributed by atoms with Gasteiger partial charge in [0.05, 0.1) is 17.8 Å². The third-order valence-corrected chi connectivity index (χ3v) is 9.45. The standard InChI is InChI=1S/C49H32O/c1-2-13-32(14-3-1)29-45-39-20-6-8-22-41(39)48(42-23-9-7-21-40(42)45)36-18-10-17-34(30-36)35-27-28-47-46(31-35)44-26-12-25-43(49(44)50-47)38-24-11-16-33-15-4-5-19-37(33)38/h1-28,30-31H,29H2/i1D,2D,3D,6D,7D,8D,9D,13D,14D,20D,21D,22D,23D. The van der Waals surface area contributed by atoms with E-state index >= 15 is 0 Å². The lowest BCUT2D eigenvalue weighted by molar-refractivity contribution is 0.670. The van der Waals surface area contributed by atoms with Crippen molar-refractivity contribution >= 4 is 54.3 Å². The van der Waals surface area contributed by atoms with Crippen molar-refractivity contribution < 1.29 is 22.2 Å². The van der Waals surface area contributed by atoms with E-state index in [1.807, 2.05) is 66.7 Å². The van der Waals surface area contributed by atoms with Gasteiger partial charge in [-0.1, -0.05) is 163 Å². The van der Waals surface area contributed by atoms with Crippen LogP contribution in [-0.4, -0.2) is 0 Å². The molecule has 0 amide bonds. The molecular weight excluding hydrogens is 605 g/mol. The predicted molar refractivity (Wildman–Crippen MR) is 212 cm³/mol. The normalized spacial score (nSPS) is 15.3. The van der Waals surface area contributed by atoms with Gasteiger partial charge in [0.1, 0.15) is 11.2 Å². The molecule has 0 fully saturated rings. The van der Waals surface area contributed by atoms with Crippen LogP contribution in [0.2, 0.25) is 0 Å². The van der Waals surface area contributed by atoms with Gasteiger partial charge < -0.3 is 4.42 Å². The Morgan fingerprint density at radius 1 is 0.440 bits per heavy atom. The van der Waals surface area contributed by atoms with Gasteiger partial charge in [-0.05, 0) is 95.9 Å². The fourth-order valence-electron chi connectivity index (χ4n) is 7.21. The third-order valence-electron chi connectivity index (χ3n) is 9.45. The molecule has 0 aliphatic heterocycles. The van der Waals surface area contributed by atoms with Crippen LogP contribution in [0.1, 0.15) is 28.9 Å². The monoisotopic (exact) mass is 649 g/mol. The number of rotatable bonds is 5. The van der Waals surface area contributed by atoms with E-state index in [1.165, 1.54) is 0 Å². The van der Waals surface area contributed by atoms with Gasteiger partial charge in [0.15, 0.2) is 0 Å². The van der Waals surface area contributed by atoms with Gasteiger partial charge in [-0.2, -0.15) is 0 Å². The summed E-state index contributed by atoms with van der Waals surface area (Å²) in [6.07, 6.45) is -0.492. The zero-order valence-electron chi connectivity index (χ0n) is 39.4. The lowest BCUT2D eigenvalue weighted by Gasteiger charge is -2.18. The van der Waals surface area contributed by atoms with E-state index in [4.69, 9.17) is 16.8 Å². The highest BCUT2D eigenvalue weighted by molar-refractivity contribution is 6.16. The van der Waals surface area contributed by atoms with Crippen molar-refractivity contribution in [2.24, 2.45) is 0 Å². The number of fused-ring (bicyclic) bond motifs is 6. The Balaban J connectivity index is 1.24. The van der Waals surface area contributed by atoms with Crippen LogP contribution in [-0.2, 0) is 6.42 Å². The molecule has 10 aromatic rings. The van der Waals surface area contributed by atoms with Crippen LogP contribution in [0.15, 0.2) is 186 Å². The molecule has 0 N–H and O–H groups in total. The largest absolute Gasteiger partial charge is 0.455 e. The molecule has 50 heavy (non-hydrogen) atoms. The Hall–Kier alpha value is -6.44. The zero-order valence-corrected chi connectivity index (χ0v) is 26.4. The van der Waals surface area contributed by atoms with Crippen molar-refractivity contribution in [3.8, 4) is 33.4 Å². The third kappa shape index (κ3) is 4.63. The van der Waals surface area contributed by atoms with Crippen LogP contribution in [0, 0.1) is 0 Å². The summed E-state index contributed by atoms with van der Waals surface area (Å²) in [5.41, 5.74) is 5.24. The minimum atomic E-state index is -0.617. The molecule has 1 aromatic heterocycles. The maximum atomic E-state index is 9.31. The molecule has 10 rings (SSSR count). The molecule has 0 atom stereocenters. The Morgan fingerprint density at radius 2 is 1.06 bits per heavy atom. The zero-order chi connectivity index (χ0) is 44.3. The highest BCUT2D eigenvalue weighted by Crippen LogP contribution is 2.43. The van der Waals surface area contributed by atoms with Crippen molar-refractivity contribution in [3.05, 3.63) is 193 Å². The molecule has 9 aromatic carbocycles. The fourth-order valence-corrected chi connectivity index (χ4v) is 7.21. The number of hydrogen-bond donors (Lipinski definition) is 0. The summed E-state index contributed by atoms with van der Waals surface area (Å²) in [6.45, 7) is 0. The highest BCUT2D eigenvalue weighted by atomic mass is 16.3. The second kappa shape index (κ2) is 11.6. The van der Waals surface area contributed by atoms with E-state index < -0.39 is 85.0 Å². The summed E-state index contributed by atoms with van der Waals surface area (Å²) < 4.78 is 121. The lowest BCUT2D eigenvalue weighted by Crippen LogP contribution is -1.95. The molecule has 1 nitrogen and oxygen atoms in total. The molecule has 1 heterocycles. The fraction of sp³-hybridized carbons (Fsp3) is 0.0204. The van der Waals surface area contributed by atoms with Crippen molar-refractivity contribution in [1.29, 1.82) is 0 Å². The van der Waals surface area contributed by atoms with E-state index in [1.54, 1.807) is 12.1 Å². The van der Waals surface area contributed by atoms with E-state index in [-0.39, 0.29) is 38.2 Å². The first-order chi connectivity index (χ1) is 30.2. The van der Waals surface area contributed by atoms with Gasteiger partial charge >= 0.3 is 0 Å². The maximum Gasteiger partial charge on any atom is 0.143 e. The van der Waals surface area contributed by atoms with Gasteiger partial charge in [-0.3, -0.25) is 0 Å².